The summed E-state index contributed by atoms with van der Waals surface area (Å²) in [6.45, 7) is 5.09. The number of rotatable bonds is 4. The lowest BCUT2D eigenvalue weighted by Gasteiger charge is -2.32. The quantitative estimate of drug-likeness (QED) is 0.784. The highest BCUT2D eigenvalue weighted by molar-refractivity contribution is 5.90. The third-order valence-electron chi connectivity index (χ3n) is 4.45. The molecule has 3 atom stereocenters. The van der Waals surface area contributed by atoms with Crippen LogP contribution in [0.3, 0.4) is 0 Å². The first-order valence-corrected chi connectivity index (χ1v) is 7.39. The molecule has 1 aromatic carbocycles. The van der Waals surface area contributed by atoms with Crippen molar-refractivity contribution in [3.8, 4) is 0 Å². The molecule has 1 aromatic rings. The molecule has 1 fully saturated rings. The Balaban J connectivity index is 1.96. The summed E-state index contributed by atoms with van der Waals surface area (Å²) in [4.78, 5) is 11.7. The van der Waals surface area contributed by atoms with E-state index in [-0.39, 0.29) is 5.97 Å². The zero-order valence-electron chi connectivity index (χ0n) is 12.6. The molecule has 0 aliphatic heterocycles. The van der Waals surface area contributed by atoms with Crippen LogP contribution in [0.1, 0.15) is 49.0 Å². The number of benzene rings is 1. The van der Waals surface area contributed by atoms with Gasteiger partial charge in [0.25, 0.3) is 0 Å². The molecule has 110 valence electrons. The van der Waals surface area contributed by atoms with Gasteiger partial charge in [0, 0.05) is 0 Å². The van der Waals surface area contributed by atoms with Crippen molar-refractivity contribution in [2.45, 2.75) is 45.8 Å². The normalized spacial score (nSPS) is 26.2. The second kappa shape index (κ2) is 6.89. The van der Waals surface area contributed by atoms with Crippen molar-refractivity contribution in [1.82, 2.24) is 0 Å². The van der Waals surface area contributed by atoms with Crippen LogP contribution < -0.4 is 0 Å². The molecule has 3 unspecified atom stereocenters. The Kier molecular flexibility index (Phi) is 5.18. The molecule has 1 aliphatic carbocycles. The molecule has 0 aromatic heterocycles. The van der Waals surface area contributed by atoms with Gasteiger partial charge in [0.05, 0.1) is 25.4 Å². The van der Waals surface area contributed by atoms with Crippen molar-refractivity contribution in [3.63, 3.8) is 0 Å². The van der Waals surface area contributed by atoms with E-state index < -0.39 is 0 Å². The smallest absolute Gasteiger partial charge is 0.338 e. The van der Waals surface area contributed by atoms with Gasteiger partial charge in [-0.15, -0.1) is 0 Å². The highest BCUT2D eigenvalue weighted by Crippen LogP contribution is 2.31. The lowest BCUT2D eigenvalue weighted by atomic mass is 9.80. The fraction of sp³-hybridized carbons (Fsp3) is 0.588. The van der Waals surface area contributed by atoms with Crippen LogP contribution in [0.5, 0.6) is 0 Å². The van der Waals surface area contributed by atoms with Crippen LogP contribution in [-0.4, -0.2) is 19.2 Å². The van der Waals surface area contributed by atoms with Crippen LogP contribution in [0, 0.1) is 11.8 Å². The van der Waals surface area contributed by atoms with Crippen molar-refractivity contribution in [2.24, 2.45) is 11.8 Å². The number of hydrogen-bond donors (Lipinski definition) is 0. The van der Waals surface area contributed by atoms with Gasteiger partial charge in [-0.25, -0.2) is 4.79 Å². The second-order valence-corrected chi connectivity index (χ2v) is 5.85. The first-order valence-electron chi connectivity index (χ1n) is 7.39. The molecule has 1 saturated carbocycles. The Morgan fingerprint density at radius 3 is 2.65 bits per heavy atom. The Morgan fingerprint density at radius 1 is 1.20 bits per heavy atom. The van der Waals surface area contributed by atoms with Gasteiger partial charge in [-0.3, -0.25) is 0 Å². The molecule has 0 radical (unpaired) electrons. The number of methoxy groups -OCH3 is 1. The molecule has 0 saturated heterocycles. The molecule has 1 aliphatic rings. The largest absolute Gasteiger partial charge is 0.465 e. The fourth-order valence-corrected chi connectivity index (χ4v) is 2.81. The fourth-order valence-electron chi connectivity index (χ4n) is 2.81. The molecule has 20 heavy (non-hydrogen) atoms. The molecular formula is C17H24O3. The van der Waals surface area contributed by atoms with E-state index in [1.54, 1.807) is 6.07 Å². The van der Waals surface area contributed by atoms with E-state index in [1.807, 2.05) is 18.2 Å². The minimum atomic E-state index is -0.296. The number of ether oxygens (including phenoxy) is 2. The second-order valence-electron chi connectivity index (χ2n) is 5.85. The monoisotopic (exact) mass is 276 g/mol. The summed E-state index contributed by atoms with van der Waals surface area (Å²) in [6.07, 6.45) is 3.77. The predicted molar refractivity (Wildman–Crippen MR) is 78.5 cm³/mol. The highest BCUT2D eigenvalue weighted by atomic mass is 16.5. The number of carbonyl (C=O) groups excluding carboxylic acids is 1. The molecule has 0 N–H and O–H groups in total. The molecule has 0 bridgehead atoms. The third-order valence-corrected chi connectivity index (χ3v) is 4.45. The van der Waals surface area contributed by atoms with E-state index in [0.717, 1.165) is 24.3 Å². The SMILES string of the molecule is COC(=O)c1ccccc1COC1CCC(C)C(C)C1. The summed E-state index contributed by atoms with van der Waals surface area (Å²) in [5.74, 6) is 1.21. The predicted octanol–water partition coefficient (Wildman–Crippen LogP) is 3.81. The van der Waals surface area contributed by atoms with Crippen molar-refractivity contribution in [2.75, 3.05) is 7.11 Å². The summed E-state index contributed by atoms with van der Waals surface area (Å²) in [5.41, 5.74) is 1.51. The minimum absolute atomic E-state index is 0.296. The maximum atomic E-state index is 11.7. The minimum Gasteiger partial charge on any atom is -0.465 e. The van der Waals surface area contributed by atoms with E-state index in [4.69, 9.17) is 9.47 Å². The lowest BCUT2D eigenvalue weighted by molar-refractivity contribution is -0.00792. The average molecular weight is 276 g/mol. The van der Waals surface area contributed by atoms with Gasteiger partial charge in [0.2, 0.25) is 0 Å². The topological polar surface area (TPSA) is 35.5 Å². The van der Waals surface area contributed by atoms with Crippen LogP contribution in [0.2, 0.25) is 0 Å². The van der Waals surface area contributed by atoms with Gasteiger partial charge < -0.3 is 9.47 Å². The zero-order chi connectivity index (χ0) is 14.5. The molecule has 0 spiro atoms. The van der Waals surface area contributed by atoms with Crippen LogP contribution in [0.15, 0.2) is 24.3 Å². The van der Waals surface area contributed by atoms with Gasteiger partial charge >= 0.3 is 5.97 Å². The van der Waals surface area contributed by atoms with Gasteiger partial charge in [-0.1, -0.05) is 32.0 Å². The first kappa shape index (κ1) is 15.0. The van der Waals surface area contributed by atoms with Gasteiger partial charge in [0.15, 0.2) is 0 Å². The van der Waals surface area contributed by atoms with E-state index in [1.165, 1.54) is 13.5 Å². The molecule has 0 heterocycles. The van der Waals surface area contributed by atoms with Crippen LogP contribution in [0.4, 0.5) is 0 Å². The van der Waals surface area contributed by atoms with E-state index in [0.29, 0.717) is 24.2 Å². The van der Waals surface area contributed by atoms with Gasteiger partial charge in [0.1, 0.15) is 0 Å². The Morgan fingerprint density at radius 2 is 1.95 bits per heavy atom. The molecule has 2 rings (SSSR count). The summed E-state index contributed by atoms with van der Waals surface area (Å²) < 4.78 is 10.8. The van der Waals surface area contributed by atoms with Gasteiger partial charge in [-0.2, -0.15) is 0 Å². The third kappa shape index (κ3) is 3.60. The summed E-state index contributed by atoms with van der Waals surface area (Å²) in [5, 5.41) is 0. The van der Waals surface area contributed by atoms with E-state index in [9.17, 15) is 4.79 Å². The van der Waals surface area contributed by atoms with E-state index in [2.05, 4.69) is 13.8 Å². The van der Waals surface area contributed by atoms with Gasteiger partial charge in [-0.05, 0) is 42.7 Å². The molecular weight excluding hydrogens is 252 g/mol. The zero-order valence-corrected chi connectivity index (χ0v) is 12.6. The summed E-state index contributed by atoms with van der Waals surface area (Å²) >= 11 is 0. The Bertz CT molecular complexity index is 455. The van der Waals surface area contributed by atoms with Crippen LogP contribution >= 0.6 is 0 Å². The Labute approximate surface area is 121 Å². The maximum absolute atomic E-state index is 11.7. The molecule has 0 amide bonds. The lowest BCUT2D eigenvalue weighted by Crippen LogP contribution is -2.26. The van der Waals surface area contributed by atoms with Crippen LogP contribution in [-0.2, 0) is 16.1 Å². The standard InChI is InChI=1S/C17H24O3/c1-12-8-9-15(10-13(12)2)20-11-14-6-4-5-7-16(14)17(18)19-3/h4-7,12-13,15H,8-11H2,1-3H3. The number of esters is 1. The molecule has 3 nitrogen and oxygen atoms in total. The maximum Gasteiger partial charge on any atom is 0.338 e. The molecule has 3 heteroatoms. The highest BCUT2D eigenvalue weighted by Gasteiger charge is 2.25. The first-order chi connectivity index (χ1) is 9.61. The van der Waals surface area contributed by atoms with E-state index >= 15 is 0 Å². The number of hydrogen-bond acceptors (Lipinski definition) is 3. The average Bonchev–Trinajstić information content (AvgIpc) is 2.48. The van der Waals surface area contributed by atoms with Crippen molar-refractivity contribution >= 4 is 5.97 Å². The van der Waals surface area contributed by atoms with Crippen molar-refractivity contribution < 1.29 is 14.3 Å². The summed E-state index contributed by atoms with van der Waals surface area (Å²) in [6, 6.07) is 7.49. The number of carbonyl (C=O) groups is 1. The Hall–Kier alpha value is -1.35. The van der Waals surface area contributed by atoms with Crippen molar-refractivity contribution in [1.29, 1.82) is 0 Å². The van der Waals surface area contributed by atoms with Crippen molar-refractivity contribution in [3.05, 3.63) is 35.4 Å². The summed E-state index contributed by atoms with van der Waals surface area (Å²) in [7, 11) is 1.41. The van der Waals surface area contributed by atoms with Crippen LogP contribution in [0.25, 0.3) is 0 Å².